The summed E-state index contributed by atoms with van der Waals surface area (Å²) < 4.78 is 10.2. The van der Waals surface area contributed by atoms with Crippen molar-refractivity contribution < 1.29 is 23.9 Å². The lowest BCUT2D eigenvalue weighted by Crippen LogP contribution is -2.44. The average Bonchev–Trinajstić information content (AvgIpc) is 3.28. The zero-order valence-corrected chi connectivity index (χ0v) is 16.8. The van der Waals surface area contributed by atoms with Crippen molar-refractivity contribution in [2.45, 2.75) is 25.4 Å². The monoisotopic (exact) mass is 415 g/mol. The summed E-state index contributed by atoms with van der Waals surface area (Å²) in [6, 6.07) is 6.87. The Morgan fingerprint density at radius 2 is 2.10 bits per heavy atom. The van der Waals surface area contributed by atoms with E-state index in [1.54, 1.807) is 24.3 Å². The Kier molecular flexibility index (Phi) is 7.18. The second-order valence-electron chi connectivity index (χ2n) is 7.06. The molecule has 0 unspecified atom stereocenters. The van der Waals surface area contributed by atoms with E-state index in [1.165, 1.54) is 18.2 Å². The normalized spacial score (nSPS) is 15.7. The van der Waals surface area contributed by atoms with Gasteiger partial charge in [-0.15, -0.1) is 0 Å². The van der Waals surface area contributed by atoms with Crippen molar-refractivity contribution in [2.24, 2.45) is 0 Å². The third-order valence-electron chi connectivity index (χ3n) is 5.05. The van der Waals surface area contributed by atoms with E-state index in [9.17, 15) is 19.2 Å². The molecular formula is C21H25N3O6. The molecule has 9 heteroatoms. The summed E-state index contributed by atoms with van der Waals surface area (Å²) in [5.74, 6) is -1.42. The largest absolute Gasteiger partial charge is 0.469 e. The number of amides is 2. The molecule has 2 aromatic rings. The van der Waals surface area contributed by atoms with Gasteiger partial charge in [0, 0.05) is 36.8 Å². The molecule has 2 N–H and O–H groups in total. The zero-order chi connectivity index (χ0) is 21.5. The SMILES string of the molecule is COC(=O)CCN(C[C@H]1CCCO1)C(=O)CNC(=O)c1c[nH]c2ccccc2c1=O. The van der Waals surface area contributed by atoms with Crippen LogP contribution in [0.2, 0.25) is 0 Å². The van der Waals surface area contributed by atoms with Crippen molar-refractivity contribution in [2.75, 3.05) is 33.4 Å². The average molecular weight is 415 g/mol. The fraction of sp³-hybridized carbons (Fsp3) is 0.429. The Hall–Kier alpha value is -3.20. The van der Waals surface area contributed by atoms with E-state index in [0.29, 0.717) is 24.1 Å². The zero-order valence-electron chi connectivity index (χ0n) is 16.8. The molecule has 0 aliphatic carbocycles. The number of hydrogen-bond acceptors (Lipinski definition) is 6. The number of carbonyl (C=O) groups is 3. The second-order valence-corrected chi connectivity index (χ2v) is 7.06. The van der Waals surface area contributed by atoms with Crippen LogP contribution in [-0.4, -0.2) is 67.1 Å². The van der Waals surface area contributed by atoms with Crippen molar-refractivity contribution >= 4 is 28.7 Å². The number of fused-ring (bicyclic) bond motifs is 1. The third kappa shape index (κ3) is 5.24. The summed E-state index contributed by atoms with van der Waals surface area (Å²) in [6.45, 7) is 0.851. The molecule has 30 heavy (non-hydrogen) atoms. The van der Waals surface area contributed by atoms with E-state index < -0.39 is 17.3 Å². The lowest BCUT2D eigenvalue weighted by atomic mass is 10.1. The number of para-hydroxylation sites is 1. The molecule has 1 aromatic heterocycles. The van der Waals surface area contributed by atoms with E-state index in [2.05, 4.69) is 15.0 Å². The van der Waals surface area contributed by atoms with Gasteiger partial charge in [0.2, 0.25) is 11.3 Å². The van der Waals surface area contributed by atoms with Crippen LogP contribution in [0.15, 0.2) is 35.3 Å². The molecular weight excluding hydrogens is 390 g/mol. The fourth-order valence-electron chi connectivity index (χ4n) is 3.38. The van der Waals surface area contributed by atoms with E-state index in [0.717, 1.165) is 12.8 Å². The first kappa shape index (κ1) is 21.5. The highest BCUT2D eigenvalue weighted by molar-refractivity contribution is 5.98. The number of hydrogen-bond donors (Lipinski definition) is 2. The Morgan fingerprint density at radius 1 is 1.30 bits per heavy atom. The molecule has 160 valence electrons. The summed E-state index contributed by atoms with van der Waals surface area (Å²) in [4.78, 5) is 53.6. The molecule has 1 atom stereocenters. The molecule has 2 heterocycles. The number of esters is 1. The highest BCUT2D eigenvalue weighted by Gasteiger charge is 2.24. The first-order valence-electron chi connectivity index (χ1n) is 9.84. The van der Waals surface area contributed by atoms with Crippen LogP contribution in [-0.2, 0) is 19.1 Å². The molecule has 0 radical (unpaired) electrons. The molecule has 1 aliphatic heterocycles. The summed E-state index contributed by atoms with van der Waals surface area (Å²) in [7, 11) is 1.29. The smallest absolute Gasteiger partial charge is 0.307 e. The number of rotatable bonds is 8. The molecule has 1 saturated heterocycles. The van der Waals surface area contributed by atoms with Crippen molar-refractivity contribution in [3.8, 4) is 0 Å². The Morgan fingerprint density at radius 3 is 2.83 bits per heavy atom. The van der Waals surface area contributed by atoms with Crippen LogP contribution in [0.4, 0.5) is 0 Å². The molecule has 1 fully saturated rings. The predicted octanol–water partition coefficient (Wildman–Crippen LogP) is 0.829. The highest BCUT2D eigenvalue weighted by Crippen LogP contribution is 2.14. The molecule has 0 spiro atoms. The van der Waals surface area contributed by atoms with E-state index in [4.69, 9.17) is 4.74 Å². The quantitative estimate of drug-likeness (QED) is 0.617. The van der Waals surface area contributed by atoms with Gasteiger partial charge in [-0.25, -0.2) is 0 Å². The lowest BCUT2D eigenvalue weighted by molar-refractivity contribution is -0.142. The van der Waals surface area contributed by atoms with E-state index in [-0.39, 0.29) is 37.1 Å². The van der Waals surface area contributed by atoms with Crippen molar-refractivity contribution in [3.05, 3.63) is 46.2 Å². The maximum absolute atomic E-state index is 12.7. The van der Waals surface area contributed by atoms with Crippen LogP contribution in [0.25, 0.3) is 10.9 Å². The minimum absolute atomic E-state index is 0.0489. The van der Waals surface area contributed by atoms with Crippen LogP contribution in [0.1, 0.15) is 29.6 Å². The number of nitrogens with one attached hydrogen (secondary N) is 2. The predicted molar refractivity (Wildman–Crippen MR) is 109 cm³/mol. The number of aromatic amines is 1. The van der Waals surface area contributed by atoms with Crippen molar-refractivity contribution in [1.29, 1.82) is 0 Å². The van der Waals surface area contributed by atoms with E-state index in [1.807, 2.05) is 0 Å². The maximum atomic E-state index is 12.7. The molecule has 0 saturated carbocycles. The van der Waals surface area contributed by atoms with Crippen LogP contribution in [0, 0.1) is 0 Å². The maximum Gasteiger partial charge on any atom is 0.307 e. The van der Waals surface area contributed by atoms with Crippen molar-refractivity contribution in [1.82, 2.24) is 15.2 Å². The van der Waals surface area contributed by atoms with Crippen LogP contribution in [0.3, 0.4) is 0 Å². The van der Waals surface area contributed by atoms with Gasteiger partial charge in [-0.2, -0.15) is 0 Å². The van der Waals surface area contributed by atoms with Crippen LogP contribution < -0.4 is 10.7 Å². The number of methoxy groups -OCH3 is 1. The van der Waals surface area contributed by atoms with Gasteiger partial charge in [-0.05, 0) is 25.0 Å². The van der Waals surface area contributed by atoms with Crippen molar-refractivity contribution in [3.63, 3.8) is 0 Å². The highest BCUT2D eigenvalue weighted by atomic mass is 16.5. The molecule has 0 bridgehead atoms. The van der Waals surface area contributed by atoms with Gasteiger partial charge in [0.05, 0.1) is 26.2 Å². The van der Waals surface area contributed by atoms with Gasteiger partial charge in [0.15, 0.2) is 0 Å². The topological polar surface area (TPSA) is 118 Å². The number of benzene rings is 1. The number of pyridine rings is 1. The number of H-pyrrole nitrogens is 1. The summed E-state index contributed by atoms with van der Waals surface area (Å²) in [5.41, 5.74) is 0.151. The molecule has 3 rings (SSSR count). The van der Waals surface area contributed by atoms with Gasteiger partial charge < -0.3 is 24.7 Å². The number of carbonyl (C=O) groups excluding carboxylic acids is 3. The Bertz CT molecular complexity index is 980. The number of nitrogens with zero attached hydrogens (tertiary/aromatic N) is 1. The molecule has 9 nitrogen and oxygen atoms in total. The summed E-state index contributed by atoms with van der Waals surface area (Å²) in [5, 5.41) is 2.90. The van der Waals surface area contributed by atoms with Crippen LogP contribution >= 0.6 is 0 Å². The molecule has 2 amide bonds. The molecule has 1 aliphatic rings. The van der Waals surface area contributed by atoms with Gasteiger partial charge in [-0.3, -0.25) is 19.2 Å². The minimum atomic E-state index is -0.639. The second kappa shape index (κ2) is 10.0. The van der Waals surface area contributed by atoms with Gasteiger partial charge in [0.1, 0.15) is 5.56 Å². The first-order valence-corrected chi connectivity index (χ1v) is 9.84. The Labute approximate surface area is 173 Å². The van der Waals surface area contributed by atoms with Gasteiger partial charge >= 0.3 is 5.97 Å². The van der Waals surface area contributed by atoms with Crippen LogP contribution in [0.5, 0.6) is 0 Å². The lowest BCUT2D eigenvalue weighted by Gasteiger charge is -2.25. The number of aromatic nitrogens is 1. The third-order valence-corrected chi connectivity index (χ3v) is 5.05. The first-order chi connectivity index (χ1) is 14.5. The Balaban J connectivity index is 1.64. The summed E-state index contributed by atoms with van der Waals surface area (Å²) in [6.07, 6.45) is 3.05. The van der Waals surface area contributed by atoms with Gasteiger partial charge in [-0.1, -0.05) is 12.1 Å². The van der Waals surface area contributed by atoms with Gasteiger partial charge in [0.25, 0.3) is 5.91 Å². The van der Waals surface area contributed by atoms with E-state index >= 15 is 0 Å². The molecule has 1 aromatic carbocycles. The standard InChI is InChI=1S/C21H25N3O6/c1-29-19(26)8-9-24(13-14-5-4-10-30-14)18(25)12-23-21(28)16-11-22-17-7-3-2-6-15(17)20(16)27/h2-3,6-7,11,14H,4-5,8-10,12-13H2,1H3,(H,22,27)(H,23,28)/t14-/m1/s1. The minimum Gasteiger partial charge on any atom is -0.469 e. The number of ether oxygens (including phenoxy) is 2. The fourth-order valence-corrected chi connectivity index (χ4v) is 3.38. The summed E-state index contributed by atoms with van der Waals surface area (Å²) >= 11 is 0.